The van der Waals surface area contributed by atoms with E-state index in [0.717, 1.165) is 29.7 Å². The molecule has 1 atom stereocenters. The highest BCUT2D eigenvalue weighted by Crippen LogP contribution is 2.27. The van der Waals surface area contributed by atoms with Crippen molar-refractivity contribution in [1.29, 1.82) is 0 Å². The number of nitrogens with zero attached hydrogens (tertiary/aromatic N) is 3. The number of aromatic nitrogens is 2. The second-order valence-electron chi connectivity index (χ2n) is 4.81. The molecule has 0 saturated carbocycles. The Bertz CT molecular complexity index is 642. The predicted molar refractivity (Wildman–Crippen MR) is 72.3 cm³/mol. The monoisotopic (exact) mass is 257 g/mol. The summed E-state index contributed by atoms with van der Waals surface area (Å²) in [6, 6.07) is 7.17. The van der Waals surface area contributed by atoms with Crippen molar-refractivity contribution in [3.05, 3.63) is 30.0 Å². The van der Waals surface area contributed by atoms with E-state index in [0.29, 0.717) is 12.2 Å². The molecule has 3 rings (SSSR count). The first-order chi connectivity index (χ1) is 9.16. The number of aryl methyl sites for hydroxylation is 1. The van der Waals surface area contributed by atoms with Gasteiger partial charge in [0.25, 0.3) is 0 Å². The van der Waals surface area contributed by atoms with Crippen molar-refractivity contribution in [2.75, 3.05) is 11.4 Å². The highest BCUT2D eigenvalue weighted by atomic mass is 16.4. The zero-order chi connectivity index (χ0) is 13.4. The molecule has 1 aliphatic heterocycles. The average Bonchev–Trinajstić information content (AvgIpc) is 2.87. The number of carbonyl (C=O) groups is 1. The van der Waals surface area contributed by atoms with Gasteiger partial charge in [-0.05, 0) is 31.9 Å². The fourth-order valence-corrected chi connectivity index (χ4v) is 2.63. The lowest BCUT2D eigenvalue weighted by Crippen LogP contribution is -2.37. The molecule has 5 heteroatoms. The largest absolute Gasteiger partial charge is 0.480 e. The van der Waals surface area contributed by atoms with Crippen LogP contribution in [0.3, 0.4) is 0 Å². The minimum Gasteiger partial charge on any atom is -0.480 e. The molecule has 1 aromatic heterocycles. The molecule has 1 aliphatic rings. The number of benzene rings is 1. The Morgan fingerprint density at radius 3 is 2.68 bits per heavy atom. The van der Waals surface area contributed by atoms with E-state index >= 15 is 0 Å². The lowest BCUT2D eigenvalue weighted by Gasteiger charge is -2.23. The summed E-state index contributed by atoms with van der Waals surface area (Å²) in [4.78, 5) is 22.2. The fourth-order valence-electron chi connectivity index (χ4n) is 2.63. The minimum absolute atomic E-state index is 0.478. The Labute approximate surface area is 110 Å². The third-order valence-corrected chi connectivity index (χ3v) is 3.53. The summed E-state index contributed by atoms with van der Waals surface area (Å²) in [6.07, 6.45) is 1.55. The Hall–Kier alpha value is -2.17. The van der Waals surface area contributed by atoms with Gasteiger partial charge in [-0.25, -0.2) is 14.8 Å². The van der Waals surface area contributed by atoms with Crippen LogP contribution in [-0.2, 0) is 4.79 Å². The van der Waals surface area contributed by atoms with Gasteiger partial charge in [0.15, 0.2) is 5.82 Å². The third-order valence-electron chi connectivity index (χ3n) is 3.53. The van der Waals surface area contributed by atoms with E-state index in [9.17, 15) is 9.90 Å². The summed E-state index contributed by atoms with van der Waals surface area (Å²) in [5, 5.41) is 9.26. The maximum atomic E-state index is 11.3. The number of rotatable bonds is 2. The van der Waals surface area contributed by atoms with Gasteiger partial charge in [0.05, 0.1) is 16.7 Å². The fraction of sp³-hybridized carbons (Fsp3) is 0.357. The Kier molecular flexibility index (Phi) is 2.81. The van der Waals surface area contributed by atoms with Crippen LogP contribution in [0.2, 0.25) is 0 Å². The van der Waals surface area contributed by atoms with Crippen molar-refractivity contribution >= 4 is 22.8 Å². The summed E-state index contributed by atoms with van der Waals surface area (Å²) in [7, 11) is 0. The molecule has 19 heavy (non-hydrogen) atoms. The van der Waals surface area contributed by atoms with Gasteiger partial charge in [0.1, 0.15) is 6.04 Å². The average molecular weight is 257 g/mol. The number of carboxylic acids is 1. The van der Waals surface area contributed by atoms with E-state index in [2.05, 4.69) is 9.97 Å². The van der Waals surface area contributed by atoms with E-state index < -0.39 is 12.0 Å². The normalized spacial score (nSPS) is 19.0. The summed E-state index contributed by atoms with van der Waals surface area (Å²) in [6.45, 7) is 2.61. The number of hydrogen-bond donors (Lipinski definition) is 1. The van der Waals surface area contributed by atoms with Crippen molar-refractivity contribution in [3.63, 3.8) is 0 Å². The van der Waals surface area contributed by atoms with Crippen LogP contribution in [-0.4, -0.2) is 33.6 Å². The smallest absolute Gasteiger partial charge is 0.326 e. The third kappa shape index (κ3) is 2.01. The predicted octanol–water partition coefficient (Wildman–Crippen LogP) is 1.99. The highest BCUT2D eigenvalue weighted by molar-refractivity contribution is 5.81. The summed E-state index contributed by atoms with van der Waals surface area (Å²) < 4.78 is 0. The van der Waals surface area contributed by atoms with Gasteiger partial charge in [0.2, 0.25) is 0 Å². The van der Waals surface area contributed by atoms with E-state index in [-0.39, 0.29) is 0 Å². The molecule has 2 aromatic rings. The highest BCUT2D eigenvalue weighted by Gasteiger charge is 2.32. The first-order valence-corrected chi connectivity index (χ1v) is 6.39. The minimum atomic E-state index is -0.785. The van der Waals surface area contributed by atoms with Crippen LogP contribution in [0.5, 0.6) is 0 Å². The number of para-hydroxylation sites is 2. The van der Waals surface area contributed by atoms with E-state index in [4.69, 9.17) is 0 Å². The molecular formula is C14H15N3O2. The molecule has 98 valence electrons. The lowest BCUT2D eigenvalue weighted by atomic mass is 10.2. The van der Waals surface area contributed by atoms with Crippen LogP contribution in [0, 0.1) is 6.92 Å². The number of aliphatic carboxylic acids is 1. The molecular weight excluding hydrogens is 242 g/mol. The molecule has 1 N–H and O–H groups in total. The van der Waals surface area contributed by atoms with Gasteiger partial charge in [-0.15, -0.1) is 0 Å². The maximum Gasteiger partial charge on any atom is 0.326 e. The molecule has 0 amide bonds. The number of fused-ring (bicyclic) bond motifs is 1. The summed E-state index contributed by atoms with van der Waals surface area (Å²) in [5.41, 5.74) is 2.43. The number of anilines is 1. The second kappa shape index (κ2) is 4.50. The van der Waals surface area contributed by atoms with Gasteiger partial charge in [-0.3, -0.25) is 0 Å². The molecule has 1 aromatic carbocycles. The van der Waals surface area contributed by atoms with Gasteiger partial charge in [0, 0.05) is 6.54 Å². The van der Waals surface area contributed by atoms with Gasteiger partial charge in [-0.2, -0.15) is 0 Å². The molecule has 2 heterocycles. The zero-order valence-electron chi connectivity index (χ0n) is 10.7. The van der Waals surface area contributed by atoms with Crippen LogP contribution in [0.4, 0.5) is 5.82 Å². The number of hydrogen-bond acceptors (Lipinski definition) is 4. The Morgan fingerprint density at radius 1 is 1.32 bits per heavy atom. The van der Waals surface area contributed by atoms with E-state index in [1.165, 1.54) is 0 Å². The lowest BCUT2D eigenvalue weighted by molar-refractivity contribution is -0.138. The summed E-state index contributed by atoms with van der Waals surface area (Å²) in [5.74, 6) is -0.0875. The molecule has 1 fully saturated rings. The first kappa shape index (κ1) is 11.9. The quantitative estimate of drug-likeness (QED) is 0.891. The molecule has 0 aliphatic carbocycles. The Morgan fingerprint density at radius 2 is 2.00 bits per heavy atom. The first-order valence-electron chi connectivity index (χ1n) is 6.39. The van der Waals surface area contributed by atoms with Crippen molar-refractivity contribution in [1.82, 2.24) is 9.97 Å². The van der Waals surface area contributed by atoms with Crippen LogP contribution in [0.25, 0.3) is 11.0 Å². The SMILES string of the molecule is Cc1nc2ccccc2nc1N1CCCC1C(=O)O. The van der Waals surface area contributed by atoms with Crippen LogP contribution < -0.4 is 4.90 Å². The van der Waals surface area contributed by atoms with Crippen molar-refractivity contribution in [2.24, 2.45) is 0 Å². The maximum absolute atomic E-state index is 11.3. The Balaban J connectivity index is 2.09. The van der Waals surface area contributed by atoms with Crippen LogP contribution >= 0.6 is 0 Å². The van der Waals surface area contributed by atoms with Crippen molar-refractivity contribution in [2.45, 2.75) is 25.8 Å². The number of carboxylic acid groups (broad SMARTS) is 1. The van der Waals surface area contributed by atoms with E-state index in [1.807, 2.05) is 36.1 Å². The molecule has 0 radical (unpaired) electrons. The van der Waals surface area contributed by atoms with Crippen LogP contribution in [0.1, 0.15) is 18.5 Å². The molecule has 0 spiro atoms. The molecule has 1 unspecified atom stereocenters. The topological polar surface area (TPSA) is 66.3 Å². The van der Waals surface area contributed by atoms with Crippen LogP contribution in [0.15, 0.2) is 24.3 Å². The molecule has 0 bridgehead atoms. The summed E-state index contributed by atoms with van der Waals surface area (Å²) >= 11 is 0. The molecule has 5 nitrogen and oxygen atoms in total. The van der Waals surface area contributed by atoms with Gasteiger partial charge < -0.3 is 10.0 Å². The van der Waals surface area contributed by atoms with Gasteiger partial charge in [-0.1, -0.05) is 12.1 Å². The van der Waals surface area contributed by atoms with Gasteiger partial charge >= 0.3 is 5.97 Å². The standard InChI is InChI=1S/C14H15N3O2/c1-9-13(17-8-4-7-12(17)14(18)19)16-11-6-3-2-5-10(11)15-9/h2-3,5-6,12H,4,7-8H2,1H3,(H,18,19). The zero-order valence-corrected chi connectivity index (χ0v) is 10.7. The van der Waals surface area contributed by atoms with Crippen molar-refractivity contribution in [3.8, 4) is 0 Å². The van der Waals surface area contributed by atoms with E-state index in [1.54, 1.807) is 0 Å². The second-order valence-corrected chi connectivity index (χ2v) is 4.81. The van der Waals surface area contributed by atoms with Crippen molar-refractivity contribution < 1.29 is 9.90 Å². The molecule has 1 saturated heterocycles.